The highest BCUT2D eigenvalue weighted by atomic mass is 35.5. The lowest BCUT2D eigenvalue weighted by molar-refractivity contribution is -0.385. The highest BCUT2D eigenvalue weighted by molar-refractivity contribution is 5.85. The maximum absolute atomic E-state index is 13.5. The summed E-state index contributed by atoms with van der Waals surface area (Å²) in [6, 6.07) is 1.33. The second kappa shape index (κ2) is 6.85. The molecule has 0 spiro atoms. The number of hydrogen-bond acceptors (Lipinski definition) is 4. The molecular weight excluding hydrogens is 287 g/mol. The average Bonchev–Trinajstić information content (AvgIpc) is 2.41. The molecule has 0 aliphatic heterocycles. The number of hydrogen-bond donors (Lipinski definition) is 2. The number of aromatic hydroxyl groups is 1. The first-order valence-corrected chi connectivity index (χ1v) is 6.43. The van der Waals surface area contributed by atoms with E-state index in [0.29, 0.717) is 6.07 Å². The molecule has 5 nitrogen and oxygen atoms in total. The van der Waals surface area contributed by atoms with Gasteiger partial charge in [0.1, 0.15) is 0 Å². The van der Waals surface area contributed by atoms with E-state index in [-0.39, 0.29) is 29.6 Å². The van der Waals surface area contributed by atoms with Crippen LogP contribution in [0, 0.1) is 21.8 Å². The van der Waals surface area contributed by atoms with Gasteiger partial charge >= 0.3 is 0 Å². The number of benzene rings is 1. The number of non-ortho nitro benzene ring substituents is 1. The summed E-state index contributed by atoms with van der Waals surface area (Å²) in [7, 11) is 0. The fraction of sp³-hybridized carbons (Fsp3) is 0.538. The maximum atomic E-state index is 13.5. The minimum atomic E-state index is -0.990. The van der Waals surface area contributed by atoms with E-state index < -0.39 is 22.5 Å². The summed E-state index contributed by atoms with van der Waals surface area (Å²) < 4.78 is 13.5. The van der Waals surface area contributed by atoms with E-state index in [1.54, 1.807) is 0 Å². The van der Waals surface area contributed by atoms with Gasteiger partial charge in [-0.3, -0.25) is 10.1 Å². The van der Waals surface area contributed by atoms with Crippen molar-refractivity contribution in [2.24, 2.45) is 11.7 Å². The number of nitro benzene ring substituents is 1. The van der Waals surface area contributed by atoms with Gasteiger partial charge in [0.15, 0.2) is 11.6 Å². The van der Waals surface area contributed by atoms with Crippen LogP contribution in [0.25, 0.3) is 0 Å². The molecule has 0 unspecified atom stereocenters. The molecule has 1 atom stereocenters. The van der Waals surface area contributed by atoms with Crippen molar-refractivity contribution in [2.75, 3.05) is 0 Å². The normalized spacial score (nSPS) is 17.3. The van der Waals surface area contributed by atoms with Crippen molar-refractivity contribution in [3.63, 3.8) is 0 Å². The van der Waals surface area contributed by atoms with Crippen LogP contribution in [0.2, 0.25) is 0 Å². The molecule has 0 heterocycles. The smallest absolute Gasteiger partial charge is 0.272 e. The lowest BCUT2D eigenvalue weighted by Crippen LogP contribution is -2.24. The molecule has 0 saturated heterocycles. The number of phenolic OH excluding ortho intramolecular Hbond substituents is 1. The van der Waals surface area contributed by atoms with Crippen LogP contribution in [0.4, 0.5) is 10.1 Å². The molecular formula is C13H18ClFN2O3. The van der Waals surface area contributed by atoms with E-state index in [1.165, 1.54) is 6.07 Å². The first-order chi connectivity index (χ1) is 9.00. The zero-order valence-corrected chi connectivity index (χ0v) is 11.7. The van der Waals surface area contributed by atoms with Crippen molar-refractivity contribution >= 4 is 18.1 Å². The Hall–Kier alpha value is -1.40. The quantitative estimate of drug-likeness (QED) is 0.661. The van der Waals surface area contributed by atoms with Crippen LogP contribution in [0.15, 0.2) is 12.1 Å². The molecule has 20 heavy (non-hydrogen) atoms. The van der Waals surface area contributed by atoms with E-state index in [4.69, 9.17) is 5.73 Å². The molecule has 1 aliphatic carbocycles. The van der Waals surface area contributed by atoms with Crippen LogP contribution in [-0.2, 0) is 0 Å². The molecule has 1 aromatic carbocycles. The number of halogens is 2. The molecule has 1 fully saturated rings. The minimum absolute atomic E-state index is 0. The van der Waals surface area contributed by atoms with Gasteiger partial charge in [0.25, 0.3) is 5.69 Å². The van der Waals surface area contributed by atoms with Gasteiger partial charge < -0.3 is 10.8 Å². The van der Waals surface area contributed by atoms with Crippen LogP contribution in [0.1, 0.15) is 43.7 Å². The van der Waals surface area contributed by atoms with Gasteiger partial charge in [-0.05, 0) is 18.8 Å². The molecule has 7 heteroatoms. The van der Waals surface area contributed by atoms with Gasteiger partial charge in [0.05, 0.1) is 11.0 Å². The second-order valence-electron chi connectivity index (χ2n) is 5.05. The van der Waals surface area contributed by atoms with E-state index in [0.717, 1.165) is 32.1 Å². The van der Waals surface area contributed by atoms with Crippen molar-refractivity contribution in [3.8, 4) is 5.75 Å². The second-order valence-corrected chi connectivity index (χ2v) is 5.05. The third-order valence-electron chi connectivity index (χ3n) is 3.81. The monoisotopic (exact) mass is 304 g/mol. The Morgan fingerprint density at radius 2 is 1.95 bits per heavy atom. The molecule has 1 saturated carbocycles. The van der Waals surface area contributed by atoms with Crippen LogP contribution in [0.3, 0.4) is 0 Å². The van der Waals surface area contributed by atoms with Gasteiger partial charge in [-0.25, -0.2) is 4.39 Å². The zero-order chi connectivity index (χ0) is 14.0. The zero-order valence-electron chi connectivity index (χ0n) is 10.9. The summed E-state index contributed by atoms with van der Waals surface area (Å²) in [6.07, 6.45) is 5.07. The van der Waals surface area contributed by atoms with Crippen LogP contribution >= 0.6 is 12.4 Å². The number of nitrogens with zero attached hydrogens (tertiary/aromatic N) is 1. The van der Waals surface area contributed by atoms with E-state index in [1.807, 2.05) is 0 Å². The Balaban J connectivity index is 0.00000200. The van der Waals surface area contributed by atoms with Gasteiger partial charge in [-0.15, -0.1) is 12.4 Å². The Kier molecular flexibility index (Phi) is 5.71. The Morgan fingerprint density at radius 1 is 1.35 bits per heavy atom. The van der Waals surface area contributed by atoms with Gasteiger partial charge in [0.2, 0.25) is 0 Å². The Bertz CT molecular complexity index is 493. The Morgan fingerprint density at radius 3 is 2.50 bits per heavy atom. The third-order valence-corrected chi connectivity index (χ3v) is 3.81. The molecule has 1 aromatic rings. The highest BCUT2D eigenvalue weighted by Gasteiger charge is 2.27. The average molecular weight is 305 g/mol. The first-order valence-electron chi connectivity index (χ1n) is 6.43. The fourth-order valence-corrected chi connectivity index (χ4v) is 2.71. The standard InChI is InChI=1S/C13H17FN2O3.ClH/c14-11-7-9(16(18)19)6-10(13(11)17)12(15)8-4-2-1-3-5-8;/h6-8,12,17H,1-5,15H2;1H/t12-;/m1./s1. The summed E-state index contributed by atoms with van der Waals surface area (Å²) in [5, 5.41) is 20.5. The van der Waals surface area contributed by atoms with Crippen molar-refractivity contribution in [1.82, 2.24) is 0 Å². The first kappa shape index (κ1) is 16.7. The fourth-order valence-electron chi connectivity index (χ4n) is 2.71. The predicted molar refractivity (Wildman–Crippen MR) is 75.5 cm³/mol. The largest absolute Gasteiger partial charge is 0.505 e. The summed E-state index contributed by atoms with van der Waals surface area (Å²) in [6.45, 7) is 0. The van der Waals surface area contributed by atoms with Gasteiger partial charge in [-0.2, -0.15) is 0 Å². The lowest BCUT2D eigenvalue weighted by Gasteiger charge is -2.28. The SMILES string of the molecule is Cl.N[C@@H](c1cc([N+](=O)[O-])cc(F)c1O)C1CCCCC1. The van der Waals surface area contributed by atoms with E-state index in [9.17, 15) is 19.6 Å². The maximum Gasteiger partial charge on any atom is 0.272 e. The minimum Gasteiger partial charge on any atom is -0.505 e. The van der Waals surface area contributed by atoms with Crippen LogP contribution in [0.5, 0.6) is 5.75 Å². The number of rotatable bonds is 3. The Labute approximate surface area is 122 Å². The molecule has 2 rings (SSSR count). The van der Waals surface area contributed by atoms with Crippen LogP contribution < -0.4 is 5.73 Å². The molecule has 1 aliphatic rings. The summed E-state index contributed by atoms with van der Waals surface area (Å²) in [4.78, 5) is 10.1. The molecule has 3 N–H and O–H groups in total. The molecule has 0 radical (unpaired) electrons. The number of nitro groups is 1. The lowest BCUT2D eigenvalue weighted by atomic mass is 9.81. The summed E-state index contributed by atoms with van der Waals surface area (Å²) in [5.74, 6) is -1.42. The summed E-state index contributed by atoms with van der Waals surface area (Å²) >= 11 is 0. The summed E-state index contributed by atoms with van der Waals surface area (Å²) in [5.41, 5.74) is 5.82. The molecule has 0 aromatic heterocycles. The van der Waals surface area contributed by atoms with Crippen LogP contribution in [-0.4, -0.2) is 10.0 Å². The van der Waals surface area contributed by atoms with Crippen molar-refractivity contribution in [2.45, 2.75) is 38.1 Å². The third kappa shape index (κ3) is 3.37. The number of nitrogens with two attached hydrogens (primary N) is 1. The van der Waals surface area contributed by atoms with Crippen molar-refractivity contribution in [1.29, 1.82) is 0 Å². The predicted octanol–water partition coefficient (Wildman–Crippen LogP) is 3.44. The van der Waals surface area contributed by atoms with E-state index >= 15 is 0 Å². The number of phenols is 1. The van der Waals surface area contributed by atoms with Crippen molar-refractivity contribution < 1.29 is 14.4 Å². The topological polar surface area (TPSA) is 89.4 Å². The molecule has 0 bridgehead atoms. The van der Waals surface area contributed by atoms with Crippen molar-refractivity contribution in [3.05, 3.63) is 33.6 Å². The molecule has 112 valence electrons. The molecule has 0 amide bonds. The van der Waals surface area contributed by atoms with E-state index in [2.05, 4.69) is 0 Å². The van der Waals surface area contributed by atoms with Gasteiger partial charge in [0, 0.05) is 17.7 Å². The van der Waals surface area contributed by atoms with Gasteiger partial charge in [-0.1, -0.05) is 19.3 Å². The highest BCUT2D eigenvalue weighted by Crippen LogP contribution is 2.38.